The minimum atomic E-state index is 0.224. The van der Waals surface area contributed by atoms with Gasteiger partial charge in [0.05, 0.1) is 14.2 Å². The van der Waals surface area contributed by atoms with Crippen molar-refractivity contribution in [3.8, 4) is 11.5 Å². The molecule has 0 bridgehead atoms. The van der Waals surface area contributed by atoms with Gasteiger partial charge in [-0.1, -0.05) is 39.8 Å². The molecule has 26 heavy (non-hydrogen) atoms. The number of rotatable bonds is 3. The fourth-order valence-corrected chi connectivity index (χ4v) is 5.61. The molecule has 4 rings (SSSR count). The number of ether oxygens (including phenoxy) is 2. The van der Waals surface area contributed by atoms with Crippen molar-refractivity contribution in [3.63, 3.8) is 0 Å². The predicted molar refractivity (Wildman–Crippen MR) is 106 cm³/mol. The van der Waals surface area contributed by atoms with Gasteiger partial charge in [0, 0.05) is 0 Å². The van der Waals surface area contributed by atoms with Gasteiger partial charge in [-0.25, -0.2) is 0 Å². The van der Waals surface area contributed by atoms with Gasteiger partial charge in [-0.2, -0.15) is 0 Å². The van der Waals surface area contributed by atoms with Crippen LogP contribution in [0.25, 0.3) is 0 Å². The molecular formula is C24H30O2. The molecule has 138 valence electrons. The van der Waals surface area contributed by atoms with Gasteiger partial charge in [0.25, 0.3) is 0 Å². The van der Waals surface area contributed by atoms with Crippen LogP contribution >= 0.6 is 0 Å². The van der Waals surface area contributed by atoms with E-state index in [0.717, 1.165) is 24.3 Å². The van der Waals surface area contributed by atoms with E-state index in [1.165, 1.54) is 22.3 Å². The van der Waals surface area contributed by atoms with Gasteiger partial charge in [0.2, 0.25) is 0 Å². The SMILES string of the molecule is COc1ccc2c(c1)[C@H]([C@H]1c3cc(OC)ccc3CC1(C)C)C(C)(C)C2. The quantitative estimate of drug-likeness (QED) is 0.703. The van der Waals surface area contributed by atoms with Crippen LogP contribution in [0.5, 0.6) is 11.5 Å². The number of fused-ring (bicyclic) bond motifs is 2. The molecule has 0 fully saturated rings. The molecule has 0 amide bonds. The monoisotopic (exact) mass is 350 g/mol. The average molecular weight is 351 g/mol. The van der Waals surface area contributed by atoms with Crippen LogP contribution in [-0.4, -0.2) is 14.2 Å². The standard InChI is InChI=1S/C24H30O2/c1-23(2)13-15-7-9-17(25-5)11-19(15)21(23)22-20-12-18(26-6)10-8-16(20)14-24(22,3)4/h7-12,21-22H,13-14H2,1-6H3/t21-,22-/m1/s1. The van der Waals surface area contributed by atoms with Crippen molar-refractivity contribution < 1.29 is 9.47 Å². The largest absolute Gasteiger partial charge is 0.497 e. The summed E-state index contributed by atoms with van der Waals surface area (Å²) in [4.78, 5) is 0. The highest BCUT2D eigenvalue weighted by atomic mass is 16.5. The van der Waals surface area contributed by atoms with Crippen LogP contribution in [0.3, 0.4) is 0 Å². The van der Waals surface area contributed by atoms with Crippen LogP contribution in [0.2, 0.25) is 0 Å². The Bertz CT molecular complexity index is 776. The molecule has 2 nitrogen and oxygen atoms in total. The highest BCUT2D eigenvalue weighted by Crippen LogP contribution is 2.62. The van der Waals surface area contributed by atoms with Gasteiger partial charge in [-0.3, -0.25) is 0 Å². The summed E-state index contributed by atoms with van der Waals surface area (Å²) >= 11 is 0. The van der Waals surface area contributed by atoms with Crippen LogP contribution < -0.4 is 9.47 Å². The Labute approximate surface area is 157 Å². The van der Waals surface area contributed by atoms with Crippen molar-refractivity contribution in [2.75, 3.05) is 14.2 Å². The molecule has 2 atom stereocenters. The molecule has 2 aliphatic rings. The topological polar surface area (TPSA) is 18.5 Å². The third-order valence-corrected chi connectivity index (χ3v) is 6.69. The van der Waals surface area contributed by atoms with E-state index in [9.17, 15) is 0 Å². The Kier molecular flexibility index (Phi) is 3.87. The van der Waals surface area contributed by atoms with E-state index >= 15 is 0 Å². The molecule has 0 saturated carbocycles. The first-order valence-electron chi connectivity index (χ1n) is 9.60. The summed E-state index contributed by atoms with van der Waals surface area (Å²) in [5, 5.41) is 0. The van der Waals surface area contributed by atoms with E-state index in [-0.39, 0.29) is 10.8 Å². The third-order valence-electron chi connectivity index (χ3n) is 6.69. The van der Waals surface area contributed by atoms with Crippen LogP contribution in [0.4, 0.5) is 0 Å². The van der Waals surface area contributed by atoms with Crippen molar-refractivity contribution >= 4 is 0 Å². The van der Waals surface area contributed by atoms with E-state index < -0.39 is 0 Å². The maximum absolute atomic E-state index is 5.56. The summed E-state index contributed by atoms with van der Waals surface area (Å²) in [5.74, 6) is 2.90. The van der Waals surface area contributed by atoms with Crippen molar-refractivity contribution in [1.82, 2.24) is 0 Å². The third kappa shape index (κ3) is 2.53. The van der Waals surface area contributed by atoms with E-state index in [1.54, 1.807) is 14.2 Å². The zero-order valence-electron chi connectivity index (χ0n) is 16.8. The highest BCUT2D eigenvalue weighted by molar-refractivity contribution is 5.51. The van der Waals surface area contributed by atoms with Crippen molar-refractivity contribution in [2.24, 2.45) is 10.8 Å². The van der Waals surface area contributed by atoms with Gasteiger partial charge in [-0.05, 0) is 82.0 Å². The van der Waals surface area contributed by atoms with Crippen molar-refractivity contribution in [1.29, 1.82) is 0 Å². The number of hydrogen-bond donors (Lipinski definition) is 0. The van der Waals surface area contributed by atoms with Gasteiger partial charge in [0.15, 0.2) is 0 Å². The second-order valence-corrected chi connectivity index (χ2v) is 9.42. The fraction of sp³-hybridized carbons (Fsp3) is 0.500. The molecule has 0 heterocycles. The van der Waals surface area contributed by atoms with Gasteiger partial charge in [-0.15, -0.1) is 0 Å². The first kappa shape index (κ1) is 17.5. The summed E-state index contributed by atoms with van der Waals surface area (Å²) in [6.07, 6.45) is 2.26. The fourth-order valence-electron chi connectivity index (χ4n) is 5.61. The summed E-state index contributed by atoms with van der Waals surface area (Å²) in [5.41, 5.74) is 6.36. The lowest BCUT2D eigenvalue weighted by Crippen LogP contribution is -2.31. The molecule has 0 unspecified atom stereocenters. The summed E-state index contributed by atoms with van der Waals surface area (Å²) in [7, 11) is 3.52. The van der Waals surface area contributed by atoms with Gasteiger partial charge >= 0.3 is 0 Å². The minimum absolute atomic E-state index is 0.224. The second kappa shape index (κ2) is 5.77. The summed E-state index contributed by atoms with van der Waals surface area (Å²) in [6.45, 7) is 9.72. The lowest BCUT2D eigenvalue weighted by atomic mass is 9.63. The molecule has 0 radical (unpaired) electrons. The lowest BCUT2D eigenvalue weighted by Gasteiger charge is -2.40. The van der Waals surface area contributed by atoms with Crippen LogP contribution in [0.1, 0.15) is 61.8 Å². The molecule has 0 spiro atoms. The maximum atomic E-state index is 5.56. The first-order chi connectivity index (χ1) is 12.3. The Balaban J connectivity index is 1.89. The van der Waals surface area contributed by atoms with E-state index in [1.807, 2.05) is 0 Å². The first-order valence-corrected chi connectivity index (χ1v) is 9.60. The minimum Gasteiger partial charge on any atom is -0.497 e. The molecule has 2 aliphatic carbocycles. The zero-order chi connectivity index (χ0) is 18.7. The maximum Gasteiger partial charge on any atom is 0.119 e. The molecule has 0 aromatic heterocycles. The number of methoxy groups -OCH3 is 2. The number of hydrogen-bond acceptors (Lipinski definition) is 2. The van der Waals surface area contributed by atoms with E-state index in [0.29, 0.717) is 11.8 Å². The molecule has 2 heteroatoms. The van der Waals surface area contributed by atoms with Crippen LogP contribution in [0.15, 0.2) is 36.4 Å². The Morgan fingerprint density at radius 2 is 1.08 bits per heavy atom. The van der Waals surface area contributed by atoms with E-state index in [4.69, 9.17) is 9.47 Å². The zero-order valence-corrected chi connectivity index (χ0v) is 16.8. The van der Waals surface area contributed by atoms with Crippen molar-refractivity contribution in [2.45, 2.75) is 52.4 Å². The Morgan fingerprint density at radius 3 is 1.42 bits per heavy atom. The Hall–Kier alpha value is -1.96. The smallest absolute Gasteiger partial charge is 0.119 e. The van der Waals surface area contributed by atoms with Gasteiger partial charge in [0.1, 0.15) is 11.5 Å². The van der Waals surface area contributed by atoms with E-state index in [2.05, 4.69) is 64.1 Å². The molecule has 2 aromatic carbocycles. The summed E-state index contributed by atoms with van der Waals surface area (Å²) in [6, 6.07) is 13.3. The lowest BCUT2D eigenvalue weighted by molar-refractivity contribution is 0.188. The Morgan fingerprint density at radius 1 is 0.692 bits per heavy atom. The second-order valence-electron chi connectivity index (χ2n) is 9.42. The normalized spacial score (nSPS) is 24.8. The highest BCUT2D eigenvalue weighted by Gasteiger charge is 2.51. The van der Waals surface area contributed by atoms with Crippen LogP contribution in [-0.2, 0) is 12.8 Å². The van der Waals surface area contributed by atoms with Crippen molar-refractivity contribution in [3.05, 3.63) is 58.7 Å². The van der Waals surface area contributed by atoms with Gasteiger partial charge < -0.3 is 9.47 Å². The molecule has 0 N–H and O–H groups in total. The summed E-state index contributed by atoms with van der Waals surface area (Å²) < 4.78 is 11.1. The molecular weight excluding hydrogens is 320 g/mol. The molecule has 2 aromatic rings. The number of benzene rings is 2. The average Bonchev–Trinajstić information content (AvgIpc) is 3.00. The molecule has 0 saturated heterocycles. The molecule has 0 aliphatic heterocycles. The predicted octanol–water partition coefficient (Wildman–Crippen LogP) is 5.74. The van der Waals surface area contributed by atoms with Crippen LogP contribution in [0, 0.1) is 10.8 Å².